The lowest BCUT2D eigenvalue weighted by Gasteiger charge is -2.12. The first-order valence-electron chi connectivity index (χ1n) is 7.74. The van der Waals surface area contributed by atoms with Crippen molar-refractivity contribution in [2.45, 2.75) is 20.8 Å². The first kappa shape index (κ1) is 18.2. The molecule has 4 nitrogen and oxygen atoms in total. The first-order chi connectivity index (χ1) is 11.4. The standard InChI is InChI=1S/C19H21BrN2O2/c1-5-22(4)12-21-17-11-13(2)15(10-14(17)3)19(23)24-18-9-7-6-8-16(18)20/h6-12H,5H2,1-4H3/b21-12+. The van der Waals surface area contributed by atoms with Crippen LogP contribution in [0.25, 0.3) is 0 Å². The highest BCUT2D eigenvalue weighted by Crippen LogP contribution is 2.27. The summed E-state index contributed by atoms with van der Waals surface area (Å²) < 4.78 is 6.24. The number of aliphatic imine (C=N–C) groups is 1. The molecule has 126 valence electrons. The van der Waals surface area contributed by atoms with Crippen LogP contribution >= 0.6 is 15.9 Å². The number of halogens is 1. The van der Waals surface area contributed by atoms with E-state index in [1.165, 1.54) is 0 Å². The van der Waals surface area contributed by atoms with Crippen LogP contribution in [0.1, 0.15) is 28.4 Å². The van der Waals surface area contributed by atoms with Gasteiger partial charge in [-0.15, -0.1) is 0 Å². The van der Waals surface area contributed by atoms with Crippen molar-refractivity contribution in [2.24, 2.45) is 4.99 Å². The summed E-state index contributed by atoms with van der Waals surface area (Å²) in [6.07, 6.45) is 1.79. The number of esters is 1. The molecule has 0 N–H and O–H groups in total. The zero-order chi connectivity index (χ0) is 17.7. The average molecular weight is 389 g/mol. The van der Waals surface area contributed by atoms with Crippen LogP contribution in [0.3, 0.4) is 0 Å². The summed E-state index contributed by atoms with van der Waals surface area (Å²) in [6, 6.07) is 11.0. The molecule has 0 saturated carbocycles. The van der Waals surface area contributed by atoms with Crippen molar-refractivity contribution >= 4 is 33.9 Å². The summed E-state index contributed by atoms with van der Waals surface area (Å²) >= 11 is 3.38. The molecule has 0 radical (unpaired) electrons. The summed E-state index contributed by atoms with van der Waals surface area (Å²) in [5.41, 5.74) is 3.17. The largest absolute Gasteiger partial charge is 0.422 e. The third-order valence-electron chi connectivity index (χ3n) is 3.69. The van der Waals surface area contributed by atoms with Crippen molar-refractivity contribution < 1.29 is 9.53 Å². The highest BCUT2D eigenvalue weighted by Gasteiger charge is 2.15. The fourth-order valence-electron chi connectivity index (χ4n) is 2.08. The predicted molar refractivity (Wildman–Crippen MR) is 101 cm³/mol. The molecule has 5 heteroatoms. The van der Waals surface area contributed by atoms with E-state index in [0.717, 1.165) is 27.8 Å². The van der Waals surface area contributed by atoms with Crippen LogP contribution in [-0.4, -0.2) is 30.8 Å². The summed E-state index contributed by atoms with van der Waals surface area (Å²) in [5, 5.41) is 0. The fraction of sp³-hybridized carbons (Fsp3) is 0.263. The molecule has 0 unspecified atom stereocenters. The number of rotatable bonds is 5. The molecular weight excluding hydrogens is 368 g/mol. The van der Waals surface area contributed by atoms with Gasteiger partial charge in [-0.3, -0.25) is 0 Å². The minimum atomic E-state index is -0.372. The van der Waals surface area contributed by atoms with Gasteiger partial charge in [-0.25, -0.2) is 9.79 Å². The smallest absolute Gasteiger partial charge is 0.343 e. The summed E-state index contributed by atoms with van der Waals surface area (Å²) in [6.45, 7) is 6.77. The number of para-hydroxylation sites is 1. The van der Waals surface area contributed by atoms with Crippen molar-refractivity contribution in [1.29, 1.82) is 0 Å². The lowest BCUT2D eigenvalue weighted by atomic mass is 10.0. The third kappa shape index (κ3) is 4.45. The Kier molecular flexibility index (Phi) is 6.15. The van der Waals surface area contributed by atoms with E-state index in [0.29, 0.717) is 11.3 Å². The van der Waals surface area contributed by atoms with Crippen LogP contribution in [0.5, 0.6) is 5.75 Å². The van der Waals surface area contributed by atoms with Gasteiger partial charge < -0.3 is 9.64 Å². The quantitative estimate of drug-likeness (QED) is 0.316. The fourth-order valence-corrected chi connectivity index (χ4v) is 2.45. The van der Waals surface area contributed by atoms with Gasteiger partial charge in [-0.05, 0) is 72.1 Å². The van der Waals surface area contributed by atoms with Crippen molar-refractivity contribution in [3.8, 4) is 5.75 Å². The van der Waals surface area contributed by atoms with Gasteiger partial charge in [-0.1, -0.05) is 12.1 Å². The van der Waals surface area contributed by atoms with E-state index >= 15 is 0 Å². The number of carbonyl (C=O) groups excluding carboxylic acids is 1. The average Bonchev–Trinajstić information content (AvgIpc) is 2.56. The second kappa shape index (κ2) is 8.11. The monoisotopic (exact) mass is 388 g/mol. The number of carbonyl (C=O) groups is 1. The Morgan fingerprint density at radius 3 is 2.62 bits per heavy atom. The molecule has 0 aliphatic heterocycles. The number of nitrogens with zero attached hydrogens (tertiary/aromatic N) is 2. The van der Waals surface area contributed by atoms with Crippen LogP contribution in [0, 0.1) is 13.8 Å². The Morgan fingerprint density at radius 1 is 1.25 bits per heavy atom. The normalized spacial score (nSPS) is 10.9. The maximum Gasteiger partial charge on any atom is 0.343 e. The van der Waals surface area contributed by atoms with Gasteiger partial charge in [-0.2, -0.15) is 0 Å². The number of benzene rings is 2. The molecule has 0 atom stereocenters. The molecule has 2 rings (SSSR count). The zero-order valence-electron chi connectivity index (χ0n) is 14.3. The molecule has 0 amide bonds. The lowest BCUT2D eigenvalue weighted by Crippen LogP contribution is -2.14. The highest BCUT2D eigenvalue weighted by atomic mass is 79.9. The Labute approximate surface area is 151 Å². The number of aryl methyl sites for hydroxylation is 2. The van der Waals surface area contributed by atoms with Gasteiger partial charge in [0.05, 0.1) is 22.1 Å². The first-order valence-corrected chi connectivity index (χ1v) is 8.54. The maximum absolute atomic E-state index is 12.5. The highest BCUT2D eigenvalue weighted by molar-refractivity contribution is 9.10. The molecule has 0 aliphatic rings. The molecule has 2 aromatic rings. The number of hydrogen-bond acceptors (Lipinski definition) is 3. The molecule has 0 spiro atoms. The molecule has 0 bridgehead atoms. The second-order valence-electron chi connectivity index (χ2n) is 5.59. The van der Waals surface area contributed by atoms with Gasteiger partial charge in [0.2, 0.25) is 0 Å². The van der Waals surface area contributed by atoms with Gasteiger partial charge in [0.15, 0.2) is 0 Å². The molecule has 0 aliphatic carbocycles. The van der Waals surface area contributed by atoms with Crippen molar-refractivity contribution in [3.63, 3.8) is 0 Å². The van der Waals surface area contributed by atoms with E-state index in [2.05, 4.69) is 27.8 Å². The van der Waals surface area contributed by atoms with Crippen LogP contribution in [0.15, 0.2) is 45.9 Å². The van der Waals surface area contributed by atoms with E-state index in [-0.39, 0.29) is 5.97 Å². The van der Waals surface area contributed by atoms with E-state index in [9.17, 15) is 4.79 Å². The van der Waals surface area contributed by atoms with Crippen molar-refractivity contribution in [3.05, 3.63) is 57.6 Å². The van der Waals surface area contributed by atoms with Gasteiger partial charge >= 0.3 is 5.97 Å². The Morgan fingerprint density at radius 2 is 1.96 bits per heavy atom. The lowest BCUT2D eigenvalue weighted by molar-refractivity contribution is 0.0732. The molecule has 0 saturated heterocycles. The van der Waals surface area contributed by atoms with Crippen LogP contribution in [-0.2, 0) is 0 Å². The summed E-state index contributed by atoms with van der Waals surface area (Å²) in [7, 11) is 1.97. The summed E-state index contributed by atoms with van der Waals surface area (Å²) in [5.74, 6) is 0.134. The number of ether oxygens (including phenoxy) is 1. The zero-order valence-corrected chi connectivity index (χ0v) is 15.9. The number of hydrogen-bond donors (Lipinski definition) is 0. The van der Waals surface area contributed by atoms with Crippen molar-refractivity contribution in [1.82, 2.24) is 4.90 Å². The SMILES string of the molecule is CCN(C)/C=N/c1cc(C)c(C(=O)Oc2ccccc2Br)cc1C. The third-order valence-corrected chi connectivity index (χ3v) is 4.35. The van der Waals surface area contributed by atoms with E-state index in [4.69, 9.17) is 4.74 Å². The molecule has 2 aromatic carbocycles. The van der Waals surface area contributed by atoms with E-state index in [1.807, 2.05) is 56.1 Å². The van der Waals surface area contributed by atoms with Gasteiger partial charge in [0.25, 0.3) is 0 Å². The van der Waals surface area contributed by atoms with Crippen LogP contribution in [0.4, 0.5) is 5.69 Å². The van der Waals surface area contributed by atoms with Gasteiger partial charge in [0, 0.05) is 13.6 Å². The predicted octanol–water partition coefficient (Wildman–Crippen LogP) is 4.90. The minimum absolute atomic E-state index is 0.372. The van der Waals surface area contributed by atoms with Crippen molar-refractivity contribution in [2.75, 3.05) is 13.6 Å². The van der Waals surface area contributed by atoms with Crippen LogP contribution in [0.2, 0.25) is 0 Å². The minimum Gasteiger partial charge on any atom is -0.422 e. The molecule has 0 aromatic heterocycles. The molecule has 0 fully saturated rings. The maximum atomic E-state index is 12.5. The van der Waals surface area contributed by atoms with Gasteiger partial charge in [0.1, 0.15) is 5.75 Å². The van der Waals surface area contributed by atoms with E-state index < -0.39 is 0 Å². The van der Waals surface area contributed by atoms with E-state index in [1.54, 1.807) is 12.4 Å². The Hall–Kier alpha value is -2.14. The Bertz CT molecular complexity index is 772. The summed E-state index contributed by atoms with van der Waals surface area (Å²) in [4.78, 5) is 18.9. The Balaban J connectivity index is 2.25. The molecule has 0 heterocycles. The topological polar surface area (TPSA) is 41.9 Å². The molecular formula is C19H21BrN2O2. The molecule has 24 heavy (non-hydrogen) atoms. The second-order valence-corrected chi connectivity index (χ2v) is 6.45. The van der Waals surface area contributed by atoms with Crippen LogP contribution < -0.4 is 4.74 Å².